The van der Waals surface area contributed by atoms with Crippen LogP contribution in [0.15, 0.2) is 158 Å². The first-order chi connectivity index (χ1) is 19.8. The van der Waals surface area contributed by atoms with Crippen LogP contribution in [0.4, 0.5) is 17.1 Å². The molecule has 0 N–H and O–H groups in total. The molecular formula is C39H31N. The van der Waals surface area contributed by atoms with Crippen LogP contribution in [0.5, 0.6) is 0 Å². The lowest BCUT2D eigenvalue weighted by molar-refractivity contribution is 0.635. The molecule has 7 rings (SSSR count). The molecule has 40 heavy (non-hydrogen) atoms. The third-order valence-electron chi connectivity index (χ3n) is 8.17. The van der Waals surface area contributed by atoms with Gasteiger partial charge in [0.2, 0.25) is 0 Å². The highest BCUT2D eigenvalue weighted by Gasteiger charge is 2.20. The monoisotopic (exact) mass is 513 g/mol. The van der Waals surface area contributed by atoms with E-state index in [0.717, 1.165) is 11.4 Å². The van der Waals surface area contributed by atoms with Crippen molar-refractivity contribution in [3.63, 3.8) is 0 Å². The van der Waals surface area contributed by atoms with Gasteiger partial charge in [-0.3, -0.25) is 0 Å². The van der Waals surface area contributed by atoms with E-state index in [0.29, 0.717) is 11.8 Å². The molecular weight excluding hydrogens is 482 g/mol. The second-order valence-corrected chi connectivity index (χ2v) is 10.7. The second kappa shape index (κ2) is 10.4. The highest BCUT2D eigenvalue weighted by atomic mass is 15.1. The Kier molecular flexibility index (Phi) is 6.26. The van der Waals surface area contributed by atoms with Crippen molar-refractivity contribution in [3.8, 4) is 11.1 Å². The Morgan fingerprint density at radius 3 is 1.80 bits per heavy atom. The molecule has 0 aromatic heterocycles. The van der Waals surface area contributed by atoms with Gasteiger partial charge in [-0.1, -0.05) is 134 Å². The van der Waals surface area contributed by atoms with Crippen LogP contribution in [-0.4, -0.2) is 0 Å². The average Bonchev–Trinajstić information content (AvgIpc) is 3.03. The molecule has 0 saturated carbocycles. The van der Waals surface area contributed by atoms with Crippen LogP contribution in [0.25, 0.3) is 32.7 Å². The lowest BCUT2D eigenvalue weighted by atomic mass is 9.84. The summed E-state index contributed by atoms with van der Waals surface area (Å²) < 4.78 is 0. The summed E-state index contributed by atoms with van der Waals surface area (Å²) in [6.45, 7) is 2.29. The molecule has 0 radical (unpaired) electrons. The lowest BCUT2D eigenvalue weighted by Crippen LogP contribution is -2.12. The molecule has 0 aliphatic heterocycles. The van der Waals surface area contributed by atoms with Gasteiger partial charge in [-0.2, -0.15) is 0 Å². The summed E-state index contributed by atoms with van der Waals surface area (Å²) in [4.78, 5) is 2.41. The van der Waals surface area contributed by atoms with Gasteiger partial charge in [-0.25, -0.2) is 0 Å². The van der Waals surface area contributed by atoms with Crippen molar-refractivity contribution in [3.05, 3.63) is 163 Å². The normalized spacial score (nSPS) is 16.4. The van der Waals surface area contributed by atoms with Gasteiger partial charge in [0.1, 0.15) is 0 Å². The Bertz CT molecular complexity index is 1840. The van der Waals surface area contributed by atoms with Crippen molar-refractivity contribution in [2.45, 2.75) is 12.8 Å². The zero-order chi connectivity index (χ0) is 26.9. The molecule has 2 atom stereocenters. The summed E-state index contributed by atoms with van der Waals surface area (Å²) in [5, 5.41) is 5.03. The van der Waals surface area contributed by atoms with Gasteiger partial charge in [-0.15, -0.1) is 0 Å². The minimum atomic E-state index is 0.402. The lowest BCUT2D eigenvalue weighted by Gasteiger charge is -2.28. The molecule has 2 unspecified atom stereocenters. The van der Waals surface area contributed by atoms with Crippen molar-refractivity contribution in [2.75, 3.05) is 4.90 Å². The fourth-order valence-corrected chi connectivity index (χ4v) is 6.06. The fraction of sp³-hybridized carbons (Fsp3) is 0.0769. The maximum Gasteiger partial charge on any atom is 0.0546 e. The predicted octanol–water partition coefficient (Wildman–Crippen LogP) is 11.0. The van der Waals surface area contributed by atoms with Crippen molar-refractivity contribution in [1.29, 1.82) is 0 Å². The summed E-state index contributed by atoms with van der Waals surface area (Å²) >= 11 is 0. The maximum absolute atomic E-state index is 2.41. The molecule has 1 aliphatic carbocycles. The van der Waals surface area contributed by atoms with Crippen LogP contribution < -0.4 is 4.90 Å². The Morgan fingerprint density at radius 2 is 1.07 bits per heavy atom. The molecule has 0 heterocycles. The van der Waals surface area contributed by atoms with Crippen LogP contribution in [0.3, 0.4) is 0 Å². The molecule has 0 bridgehead atoms. The number of hydrogen-bond acceptors (Lipinski definition) is 1. The number of allylic oxidation sites excluding steroid dienone is 4. The molecule has 0 saturated heterocycles. The topological polar surface area (TPSA) is 3.24 Å². The highest BCUT2D eigenvalue weighted by Crippen LogP contribution is 2.43. The van der Waals surface area contributed by atoms with Gasteiger partial charge in [0.15, 0.2) is 0 Å². The number of anilines is 3. The first kappa shape index (κ1) is 24.2. The quantitative estimate of drug-likeness (QED) is 0.207. The molecule has 0 amide bonds. The molecule has 0 fully saturated rings. The smallest absolute Gasteiger partial charge is 0.0546 e. The first-order valence-corrected chi connectivity index (χ1v) is 14.1. The van der Waals surface area contributed by atoms with E-state index in [1.165, 1.54) is 43.9 Å². The van der Waals surface area contributed by atoms with Gasteiger partial charge in [0.05, 0.1) is 5.69 Å². The summed E-state index contributed by atoms with van der Waals surface area (Å²) in [6, 6.07) is 48.5. The number of nitrogens with zero attached hydrogens (tertiary/aromatic N) is 1. The molecule has 0 spiro atoms. The van der Waals surface area contributed by atoms with Gasteiger partial charge < -0.3 is 4.90 Å². The van der Waals surface area contributed by atoms with Crippen molar-refractivity contribution < 1.29 is 0 Å². The molecule has 1 aliphatic rings. The van der Waals surface area contributed by atoms with E-state index in [2.05, 4.69) is 170 Å². The molecule has 1 heteroatoms. The Labute approximate surface area is 236 Å². The third kappa shape index (κ3) is 4.40. The zero-order valence-electron chi connectivity index (χ0n) is 22.6. The first-order valence-electron chi connectivity index (χ1n) is 14.1. The number of fused-ring (bicyclic) bond motifs is 3. The van der Waals surface area contributed by atoms with Crippen molar-refractivity contribution >= 4 is 38.6 Å². The van der Waals surface area contributed by atoms with Crippen molar-refractivity contribution in [2.24, 2.45) is 5.92 Å². The van der Waals surface area contributed by atoms with Gasteiger partial charge >= 0.3 is 0 Å². The summed E-state index contributed by atoms with van der Waals surface area (Å²) in [5.41, 5.74) is 7.27. The van der Waals surface area contributed by atoms with E-state index in [9.17, 15) is 0 Å². The fourth-order valence-electron chi connectivity index (χ4n) is 6.06. The highest BCUT2D eigenvalue weighted by molar-refractivity contribution is 6.14. The largest absolute Gasteiger partial charge is 0.310 e. The van der Waals surface area contributed by atoms with E-state index < -0.39 is 0 Å². The van der Waals surface area contributed by atoms with Crippen LogP contribution in [0, 0.1) is 5.92 Å². The van der Waals surface area contributed by atoms with Crippen molar-refractivity contribution in [1.82, 2.24) is 0 Å². The maximum atomic E-state index is 2.41. The van der Waals surface area contributed by atoms with E-state index in [1.54, 1.807) is 0 Å². The van der Waals surface area contributed by atoms with E-state index >= 15 is 0 Å². The standard InChI is InChI=1S/C39H31N/c1-28-11-5-7-15-35(28)31-21-25-34(26-22-31)40(33-23-19-30(20-24-33)29-12-3-2-4-13-29)39-27-32-14-6-8-16-36(32)37-17-9-10-18-38(37)39/h2-28,35H,1H3. The van der Waals surface area contributed by atoms with Crippen LogP contribution in [0.2, 0.25) is 0 Å². The summed E-state index contributed by atoms with van der Waals surface area (Å²) in [7, 11) is 0. The second-order valence-electron chi connectivity index (χ2n) is 10.7. The van der Waals surface area contributed by atoms with Crippen LogP contribution in [0.1, 0.15) is 18.4 Å². The van der Waals surface area contributed by atoms with Gasteiger partial charge in [0, 0.05) is 22.7 Å². The number of hydrogen-bond donors (Lipinski definition) is 0. The summed E-state index contributed by atoms with van der Waals surface area (Å²) in [6.07, 6.45) is 8.93. The number of benzene rings is 6. The van der Waals surface area contributed by atoms with Crippen LogP contribution >= 0.6 is 0 Å². The van der Waals surface area contributed by atoms with E-state index in [-0.39, 0.29) is 0 Å². The number of rotatable bonds is 5. The third-order valence-corrected chi connectivity index (χ3v) is 8.17. The SMILES string of the molecule is CC1C=CC=CC1c1ccc(N(c2ccc(-c3ccccc3)cc2)c2cc3ccccc3c3ccccc23)cc1. The summed E-state index contributed by atoms with van der Waals surface area (Å²) in [5.74, 6) is 0.890. The molecule has 1 nitrogen and oxygen atoms in total. The minimum Gasteiger partial charge on any atom is -0.310 e. The average molecular weight is 514 g/mol. The predicted molar refractivity (Wildman–Crippen MR) is 172 cm³/mol. The Balaban J connectivity index is 1.39. The minimum absolute atomic E-state index is 0.402. The van der Waals surface area contributed by atoms with E-state index in [1.807, 2.05) is 0 Å². The Morgan fingerprint density at radius 1 is 0.500 bits per heavy atom. The molecule has 192 valence electrons. The molecule has 6 aromatic carbocycles. The zero-order valence-corrected chi connectivity index (χ0v) is 22.6. The van der Waals surface area contributed by atoms with E-state index in [4.69, 9.17) is 0 Å². The van der Waals surface area contributed by atoms with Crippen LogP contribution in [-0.2, 0) is 0 Å². The van der Waals surface area contributed by atoms with Gasteiger partial charge in [0.25, 0.3) is 0 Å². The molecule has 6 aromatic rings. The Hall–Kier alpha value is -4.88. The van der Waals surface area contributed by atoms with Gasteiger partial charge in [-0.05, 0) is 69.1 Å².